The van der Waals surface area contributed by atoms with Crippen LogP contribution in [-0.2, 0) is 6.61 Å². The molecule has 14 heavy (non-hydrogen) atoms. The summed E-state index contributed by atoms with van der Waals surface area (Å²) in [6.45, 7) is 5.00. The normalized spacial score (nSPS) is 10.6. The molecule has 3 heteroatoms. The molecule has 0 saturated carbocycles. The van der Waals surface area contributed by atoms with Gasteiger partial charge in [0.15, 0.2) is 0 Å². The minimum Gasteiger partial charge on any atom is -0.493 e. The van der Waals surface area contributed by atoms with Gasteiger partial charge in [-0.05, 0) is 18.4 Å². The number of nitrogens with zero attached hydrogens (tertiary/aromatic N) is 1. The van der Waals surface area contributed by atoms with Crippen LogP contribution in [0.4, 0.5) is 0 Å². The van der Waals surface area contributed by atoms with Crippen LogP contribution in [0.2, 0.25) is 0 Å². The van der Waals surface area contributed by atoms with Gasteiger partial charge in [-0.25, -0.2) is 0 Å². The molecular weight excluding hydrogens is 178 g/mol. The molecule has 1 rings (SSSR count). The van der Waals surface area contributed by atoms with Crippen molar-refractivity contribution in [3.05, 3.63) is 24.0 Å². The van der Waals surface area contributed by atoms with Gasteiger partial charge in [0.2, 0.25) is 0 Å². The maximum absolute atomic E-state index is 8.86. The van der Waals surface area contributed by atoms with Crippen LogP contribution in [0.5, 0.6) is 5.75 Å². The van der Waals surface area contributed by atoms with E-state index in [0.29, 0.717) is 18.2 Å². The molecule has 3 nitrogen and oxygen atoms in total. The Balaban J connectivity index is 2.42. The molecule has 0 aliphatic rings. The van der Waals surface area contributed by atoms with Gasteiger partial charge in [-0.1, -0.05) is 13.8 Å². The molecule has 0 fully saturated rings. The lowest BCUT2D eigenvalue weighted by molar-refractivity contribution is 0.270. The first kappa shape index (κ1) is 11.0. The highest BCUT2D eigenvalue weighted by atomic mass is 16.5. The molecule has 1 heterocycles. The van der Waals surface area contributed by atoms with E-state index in [0.717, 1.165) is 12.2 Å². The molecule has 0 aliphatic heterocycles. The standard InChI is InChI=1S/C11H17NO2/c1-9(2)4-6-14-11-3-5-12-10(7-11)8-13/h3,5,7,9,13H,4,6,8H2,1-2H3. The fourth-order valence-electron chi connectivity index (χ4n) is 1.04. The summed E-state index contributed by atoms with van der Waals surface area (Å²) in [5, 5.41) is 8.86. The van der Waals surface area contributed by atoms with Crippen molar-refractivity contribution >= 4 is 0 Å². The summed E-state index contributed by atoms with van der Waals surface area (Å²) < 4.78 is 5.51. The van der Waals surface area contributed by atoms with E-state index >= 15 is 0 Å². The third kappa shape index (κ3) is 3.75. The molecule has 0 radical (unpaired) electrons. The Labute approximate surface area is 84.7 Å². The molecule has 0 bridgehead atoms. The maximum Gasteiger partial charge on any atom is 0.122 e. The van der Waals surface area contributed by atoms with E-state index < -0.39 is 0 Å². The Bertz CT molecular complexity index is 274. The summed E-state index contributed by atoms with van der Waals surface area (Å²) in [5.41, 5.74) is 0.645. The Kier molecular flexibility index (Phi) is 4.40. The molecule has 0 atom stereocenters. The number of aliphatic hydroxyl groups is 1. The molecule has 0 aliphatic carbocycles. The lowest BCUT2D eigenvalue weighted by atomic mass is 10.1. The third-order valence-electron chi connectivity index (χ3n) is 1.91. The minimum absolute atomic E-state index is 0.0403. The van der Waals surface area contributed by atoms with Crippen molar-refractivity contribution in [3.63, 3.8) is 0 Å². The second kappa shape index (κ2) is 5.60. The number of aliphatic hydroxyl groups excluding tert-OH is 1. The average molecular weight is 195 g/mol. The van der Waals surface area contributed by atoms with Gasteiger partial charge in [-0.3, -0.25) is 4.98 Å². The second-order valence-electron chi connectivity index (χ2n) is 3.67. The zero-order chi connectivity index (χ0) is 10.4. The quantitative estimate of drug-likeness (QED) is 0.781. The summed E-state index contributed by atoms with van der Waals surface area (Å²) in [4.78, 5) is 3.97. The highest BCUT2D eigenvalue weighted by Crippen LogP contribution is 2.12. The first-order valence-electron chi connectivity index (χ1n) is 4.91. The number of hydrogen-bond donors (Lipinski definition) is 1. The molecule has 0 spiro atoms. The molecule has 1 aromatic rings. The molecule has 1 N–H and O–H groups in total. The SMILES string of the molecule is CC(C)CCOc1ccnc(CO)c1. The van der Waals surface area contributed by atoms with Crippen LogP contribution in [0.25, 0.3) is 0 Å². The number of rotatable bonds is 5. The van der Waals surface area contributed by atoms with Crippen molar-refractivity contribution < 1.29 is 9.84 Å². The topological polar surface area (TPSA) is 42.4 Å². The van der Waals surface area contributed by atoms with Gasteiger partial charge in [-0.15, -0.1) is 0 Å². The largest absolute Gasteiger partial charge is 0.493 e. The molecule has 0 aromatic carbocycles. The van der Waals surface area contributed by atoms with Crippen LogP contribution in [0.1, 0.15) is 26.0 Å². The zero-order valence-corrected chi connectivity index (χ0v) is 8.73. The monoisotopic (exact) mass is 195 g/mol. The van der Waals surface area contributed by atoms with E-state index in [9.17, 15) is 0 Å². The van der Waals surface area contributed by atoms with Gasteiger partial charge < -0.3 is 9.84 Å². The first-order chi connectivity index (χ1) is 6.72. The Hall–Kier alpha value is -1.09. The lowest BCUT2D eigenvalue weighted by Crippen LogP contribution is -2.02. The first-order valence-corrected chi connectivity index (χ1v) is 4.91. The molecule has 0 unspecified atom stereocenters. The van der Waals surface area contributed by atoms with Crippen molar-refractivity contribution in [2.45, 2.75) is 26.9 Å². The Morgan fingerprint density at radius 2 is 2.29 bits per heavy atom. The molecule has 1 aromatic heterocycles. The van der Waals surface area contributed by atoms with Crippen molar-refractivity contribution in [2.75, 3.05) is 6.61 Å². The van der Waals surface area contributed by atoms with E-state index in [1.165, 1.54) is 0 Å². The zero-order valence-electron chi connectivity index (χ0n) is 8.73. The van der Waals surface area contributed by atoms with Gasteiger partial charge in [0.25, 0.3) is 0 Å². The molecular formula is C11H17NO2. The minimum atomic E-state index is -0.0403. The second-order valence-corrected chi connectivity index (χ2v) is 3.67. The number of pyridine rings is 1. The van der Waals surface area contributed by atoms with Gasteiger partial charge >= 0.3 is 0 Å². The predicted molar refractivity (Wildman–Crippen MR) is 55.1 cm³/mol. The number of hydrogen-bond acceptors (Lipinski definition) is 3. The van der Waals surface area contributed by atoms with E-state index in [2.05, 4.69) is 18.8 Å². The predicted octanol–water partition coefficient (Wildman–Crippen LogP) is 2.00. The molecule has 0 amide bonds. The van der Waals surface area contributed by atoms with Gasteiger partial charge in [0.05, 0.1) is 18.9 Å². The Morgan fingerprint density at radius 1 is 1.50 bits per heavy atom. The lowest BCUT2D eigenvalue weighted by Gasteiger charge is -2.08. The van der Waals surface area contributed by atoms with Crippen LogP contribution >= 0.6 is 0 Å². The summed E-state index contributed by atoms with van der Waals surface area (Å²) in [6, 6.07) is 3.57. The van der Waals surface area contributed by atoms with Crippen molar-refractivity contribution in [2.24, 2.45) is 5.92 Å². The highest BCUT2D eigenvalue weighted by molar-refractivity contribution is 5.22. The van der Waals surface area contributed by atoms with Crippen molar-refractivity contribution in [3.8, 4) is 5.75 Å². The van der Waals surface area contributed by atoms with Crippen LogP contribution in [0.15, 0.2) is 18.3 Å². The van der Waals surface area contributed by atoms with E-state index in [4.69, 9.17) is 9.84 Å². The van der Waals surface area contributed by atoms with Crippen molar-refractivity contribution in [1.29, 1.82) is 0 Å². The third-order valence-corrected chi connectivity index (χ3v) is 1.91. The van der Waals surface area contributed by atoms with Gasteiger partial charge in [-0.2, -0.15) is 0 Å². The van der Waals surface area contributed by atoms with Crippen LogP contribution < -0.4 is 4.74 Å². The maximum atomic E-state index is 8.86. The number of aromatic nitrogens is 1. The van der Waals surface area contributed by atoms with Crippen LogP contribution in [0.3, 0.4) is 0 Å². The summed E-state index contributed by atoms with van der Waals surface area (Å²) in [6.07, 6.45) is 2.69. The van der Waals surface area contributed by atoms with Crippen LogP contribution in [0, 0.1) is 5.92 Å². The van der Waals surface area contributed by atoms with E-state index in [-0.39, 0.29) is 6.61 Å². The van der Waals surface area contributed by atoms with Crippen molar-refractivity contribution in [1.82, 2.24) is 4.98 Å². The Morgan fingerprint density at radius 3 is 2.93 bits per heavy atom. The molecule has 78 valence electrons. The highest BCUT2D eigenvalue weighted by Gasteiger charge is 1.98. The number of ether oxygens (including phenoxy) is 1. The fourth-order valence-corrected chi connectivity index (χ4v) is 1.04. The fraction of sp³-hybridized carbons (Fsp3) is 0.545. The van der Waals surface area contributed by atoms with Gasteiger partial charge in [0.1, 0.15) is 5.75 Å². The summed E-state index contributed by atoms with van der Waals surface area (Å²) >= 11 is 0. The molecule has 0 saturated heterocycles. The van der Waals surface area contributed by atoms with E-state index in [1.54, 1.807) is 18.3 Å². The summed E-state index contributed by atoms with van der Waals surface area (Å²) in [7, 11) is 0. The average Bonchev–Trinajstić information content (AvgIpc) is 2.18. The van der Waals surface area contributed by atoms with Crippen LogP contribution in [-0.4, -0.2) is 16.7 Å². The van der Waals surface area contributed by atoms with E-state index in [1.807, 2.05) is 0 Å². The smallest absolute Gasteiger partial charge is 0.122 e. The summed E-state index contributed by atoms with van der Waals surface area (Å²) in [5.74, 6) is 1.43. The van der Waals surface area contributed by atoms with Gasteiger partial charge in [0, 0.05) is 12.3 Å².